The van der Waals surface area contributed by atoms with E-state index in [1.807, 2.05) is 25.1 Å². The van der Waals surface area contributed by atoms with Gasteiger partial charge in [0.25, 0.3) is 0 Å². The maximum Gasteiger partial charge on any atom is 0.233 e. The highest BCUT2D eigenvalue weighted by molar-refractivity contribution is 8.00. The minimum atomic E-state index is -0.207. The van der Waals surface area contributed by atoms with Crippen LogP contribution in [0.1, 0.15) is 44.6 Å². The van der Waals surface area contributed by atoms with Crippen LogP contribution in [0.3, 0.4) is 0 Å². The number of para-hydroxylation sites is 1. The first kappa shape index (κ1) is 18.3. The minimum Gasteiger partial charge on any atom is -0.355 e. The number of hydrogen-bond donors (Lipinski definition) is 1. The average molecular weight is 383 g/mol. The molecule has 0 radical (unpaired) electrons. The standard InChI is InChI=1S/C21H26N4OS/c1-14-12-19-23-24-21(25(19)18-11-7-6-10-17(14)18)27-15(2)20(26)22-13-16-8-4-3-5-9-16/h6-7,10-12,15-16H,3-5,8-9,13H2,1-2H3,(H,22,26). The van der Waals surface area contributed by atoms with E-state index in [0.29, 0.717) is 5.92 Å². The molecule has 0 saturated heterocycles. The van der Waals surface area contributed by atoms with E-state index >= 15 is 0 Å². The van der Waals surface area contributed by atoms with Crippen LogP contribution < -0.4 is 5.32 Å². The molecule has 1 N–H and O–H groups in total. The number of hydrogen-bond acceptors (Lipinski definition) is 4. The van der Waals surface area contributed by atoms with Crippen LogP contribution in [0.5, 0.6) is 0 Å². The second kappa shape index (κ2) is 7.89. The predicted molar refractivity (Wildman–Crippen MR) is 110 cm³/mol. The van der Waals surface area contributed by atoms with E-state index in [4.69, 9.17) is 0 Å². The Balaban J connectivity index is 1.51. The summed E-state index contributed by atoms with van der Waals surface area (Å²) in [4.78, 5) is 12.6. The topological polar surface area (TPSA) is 59.3 Å². The molecule has 0 spiro atoms. The van der Waals surface area contributed by atoms with Crippen LogP contribution in [-0.2, 0) is 4.79 Å². The second-order valence-electron chi connectivity index (χ2n) is 7.53. The zero-order valence-corrected chi connectivity index (χ0v) is 16.8. The van der Waals surface area contributed by atoms with Crippen molar-refractivity contribution in [1.29, 1.82) is 0 Å². The highest BCUT2D eigenvalue weighted by atomic mass is 32.2. The van der Waals surface area contributed by atoms with Gasteiger partial charge >= 0.3 is 0 Å². The molecular formula is C21H26N4OS. The van der Waals surface area contributed by atoms with E-state index in [2.05, 4.69) is 39.0 Å². The monoisotopic (exact) mass is 382 g/mol. The van der Waals surface area contributed by atoms with E-state index in [9.17, 15) is 4.79 Å². The Morgan fingerprint density at radius 1 is 1.26 bits per heavy atom. The van der Waals surface area contributed by atoms with Gasteiger partial charge in [0.1, 0.15) is 0 Å². The third-order valence-corrected chi connectivity index (χ3v) is 6.56. The number of thioether (sulfide) groups is 1. The van der Waals surface area contributed by atoms with Gasteiger partial charge in [-0.3, -0.25) is 9.20 Å². The number of aryl methyl sites for hydroxylation is 1. The molecule has 2 aromatic heterocycles. The molecule has 3 aromatic rings. The van der Waals surface area contributed by atoms with Gasteiger partial charge in [-0.1, -0.05) is 49.2 Å². The van der Waals surface area contributed by atoms with Crippen LogP contribution >= 0.6 is 11.8 Å². The smallest absolute Gasteiger partial charge is 0.233 e. The van der Waals surface area contributed by atoms with E-state index in [0.717, 1.165) is 22.9 Å². The molecule has 2 heterocycles. The molecule has 1 amide bonds. The maximum absolute atomic E-state index is 12.6. The molecule has 1 unspecified atom stereocenters. The molecule has 0 aliphatic heterocycles. The van der Waals surface area contributed by atoms with Gasteiger partial charge in [-0.15, -0.1) is 10.2 Å². The fraction of sp³-hybridized carbons (Fsp3) is 0.476. The summed E-state index contributed by atoms with van der Waals surface area (Å²) in [6, 6.07) is 10.3. The summed E-state index contributed by atoms with van der Waals surface area (Å²) in [5, 5.41) is 13.6. The highest BCUT2D eigenvalue weighted by Gasteiger charge is 2.21. The van der Waals surface area contributed by atoms with Gasteiger partial charge in [0.2, 0.25) is 5.91 Å². The molecule has 1 fully saturated rings. The van der Waals surface area contributed by atoms with Crippen molar-refractivity contribution >= 4 is 34.2 Å². The average Bonchev–Trinajstić information content (AvgIpc) is 3.09. The number of rotatable bonds is 5. The van der Waals surface area contributed by atoms with Gasteiger partial charge in [-0.25, -0.2) is 0 Å². The fourth-order valence-corrected chi connectivity index (χ4v) is 4.83. The lowest BCUT2D eigenvalue weighted by atomic mass is 9.89. The molecular weight excluding hydrogens is 356 g/mol. The van der Waals surface area contributed by atoms with Crippen LogP contribution in [0.25, 0.3) is 16.6 Å². The first-order valence-electron chi connectivity index (χ1n) is 9.81. The van der Waals surface area contributed by atoms with Crippen molar-refractivity contribution in [2.45, 2.75) is 56.4 Å². The first-order chi connectivity index (χ1) is 13.1. The van der Waals surface area contributed by atoms with Crippen molar-refractivity contribution in [2.24, 2.45) is 5.92 Å². The van der Waals surface area contributed by atoms with Crippen LogP contribution in [0.4, 0.5) is 0 Å². The number of pyridine rings is 1. The van der Waals surface area contributed by atoms with E-state index < -0.39 is 0 Å². The van der Waals surface area contributed by atoms with Gasteiger partial charge in [0.15, 0.2) is 10.8 Å². The summed E-state index contributed by atoms with van der Waals surface area (Å²) in [5.41, 5.74) is 3.08. The van der Waals surface area contributed by atoms with Crippen molar-refractivity contribution < 1.29 is 4.79 Å². The molecule has 4 rings (SSSR count). The Hall–Kier alpha value is -2.08. The molecule has 1 aliphatic carbocycles. The molecule has 1 aliphatic rings. The van der Waals surface area contributed by atoms with E-state index in [1.54, 1.807) is 0 Å². The SMILES string of the molecule is Cc1cc2nnc(SC(C)C(=O)NCC3CCCCC3)n2c2ccccc12. The molecule has 5 nitrogen and oxygen atoms in total. The number of amides is 1. The first-order valence-corrected chi connectivity index (χ1v) is 10.7. The van der Waals surface area contributed by atoms with Gasteiger partial charge in [0.05, 0.1) is 10.8 Å². The minimum absolute atomic E-state index is 0.0822. The highest BCUT2D eigenvalue weighted by Crippen LogP contribution is 2.28. The molecule has 0 bridgehead atoms. The second-order valence-corrected chi connectivity index (χ2v) is 8.84. The van der Waals surface area contributed by atoms with Gasteiger partial charge in [-0.2, -0.15) is 0 Å². The maximum atomic E-state index is 12.6. The number of nitrogens with zero attached hydrogens (tertiary/aromatic N) is 3. The summed E-state index contributed by atoms with van der Waals surface area (Å²) in [7, 11) is 0. The summed E-state index contributed by atoms with van der Waals surface area (Å²) in [6.07, 6.45) is 6.40. The largest absolute Gasteiger partial charge is 0.355 e. The molecule has 27 heavy (non-hydrogen) atoms. The van der Waals surface area contributed by atoms with Crippen molar-refractivity contribution in [1.82, 2.24) is 19.9 Å². The number of nitrogens with one attached hydrogen (secondary N) is 1. The van der Waals surface area contributed by atoms with Gasteiger partial charge in [0, 0.05) is 11.9 Å². The Morgan fingerprint density at radius 3 is 2.85 bits per heavy atom. The zero-order valence-electron chi connectivity index (χ0n) is 15.9. The van der Waals surface area contributed by atoms with Crippen molar-refractivity contribution in [3.8, 4) is 0 Å². The number of fused-ring (bicyclic) bond motifs is 3. The lowest BCUT2D eigenvalue weighted by Gasteiger charge is -2.22. The number of aromatic nitrogens is 3. The third-order valence-electron chi connectivity index (χ3n) is 5.51. The summed E-state index contributed by atoms with van der Waals surface area (Å²) < 4.78 is 2.05. The quantitative estimate of drug-likeness (QED) is 0.666. The van der Waals surface area contributed by atoms with Crippen molar-refractivity contribution in [3.05, 3.63) is 35.9 Å². The lowest BCUT2D eigenvalue weighted by molar-refractivity contribution is -0.120. The zero-order chi connectivity index (χ0) is 18.8. The van der Waals surface area contributed by atoms with Crippen LogP contribution in [-0.4, -0.2) is 32.3 Å². The number of carbonyl (C=O) groups is 1. The van der Waals surface area contributed by atoms with Crippen molar-refractivity contribution in [3.63, 3.8) is 0 Å². The van der Waals surface area contributed by atoms with Crippen LogP contribution in [0.2, 0.25) is 0 Å². The van der Waals surface area contributed by atoms with Gasteiger partial charge in [-0.05, 0) is 50.3 Å². The number of carbonyl (C=O) groups excluding carboxylic acids is 1. The fourth-order valence-electron chi connectivity index (χ4n) is 3.94. The lowest BCUT2D eigenvalue weighted by Crippen LogP contribution is -2.35. The van der Waals surface area contributed by atoms with E-state index in [-0.39, 0.29) is 11.2 Å². The third kappa shape index (κ3) is 3.81. The van der Waals surface area contributed by atoms with Gasteiger partial charge < -0.3 is 5.32 Å². The van der Waals surface area contributed by atoms with E-state index in [1.165, 1.54) is 54.8 Å². The molecule has 6 heteroatoms. The molecule has 1 atom stereocenters. The Morgan fingerprint density at radius 2 is 2.04 bits per heavy atom. The predicted octanol–water partition coefficient (Wildman–Crippen LogP) is 4.37. The Bertz CT molecular complexity index is 961. The molecule has 1 saturated carbocycles. The normalized spacial score (nSPS) is 16.7. The summed E-state index contributed by atoms with van der Waals surface area (Å²) >= 11 is 1.47. The number of benzene rings is 1. The molecule has 1 aromatic carbocycles. The Labute approximate surface area is 163 Å². The summed E-state index contributed by atoms with van der Waals surface area (Å²) in [5.74, 6) is 0.722. The van der Waals surface area contributed by atoms with Crippen LogP contribution in [0, 0.1) is 12.8 Å². The van der Waals surface area contributed by atoms with Crippen LogP contribution in [0.15, 0.2) is 35.5 Å². The summed E-state index contributed by atoms with van der Waals surface area (Å²) in [6.45, 7) is 4.83. The molecule has 142 valence electrons. The van der Waals surface area contributed by atoms with Crippen molar-refractivity contribution in [2.75, 3.05) is 6.54 Å². The Kier molecular flexibility index (Phi) is 5.34.